The Morgan fingerprint density at radius 1 is 1.38 bits per heavy atom. The monoisotopic (exact) mass is 357 g/mol. The number of nitrogens with zero attached hydrogens (tertiary/aromatic N) is 4. The average Bonchev–Trinajstić information content (AvgIpc) is 2.60. The molecule has 2 heterocycles. The number of oxime groups is 1. The molecule has 26 heavy (non-hydrogen) atoms. The summed E-state index contributed by atoms with van der Waals surface area (Å²) in [6.07, 6.45) is 5.89. The molecule has 10 nitrogen and oxygen atoms in total. The molecule has 0 saturated heterocycles. The highest BCUT2D eigenvalue weighted by atomic mass is 16.4. The van der Waals surface area contributed by atoms with Crippen molar-refractivity contribution in [1.82, 2.24) is 10.3 Å². The number of primary amides is 1. The van der Waals surface area contributed by atoms with Gasteiger partial charge in [0, 0.05) is 31.8 Å². The highest BCUT2D eigenvalue weighted by molar-refractivity contribution is 5.99. The van der Waals surface area contributed by atoms with Crippen LogP contribution in [0.15, 0.2) is 47.4 Å². The zero-order chi connectivity index (χ0) is 19.7. The van der Waals surface area contributed by atoms with E-state index < -0.39 is 6.17 Å². The number of carbonyl (C=O) groups is 2. The number of hydrogen-bond acceptors (Lipinski definition) is 7. The van der Waals surface area contributed by atoms with Gasteiger partial charge in [-0.05, 0) is 24.3 Å². The number of nitriles is 1. The number of pyridine rings is 1. The summed E-state index contributed by atoms with van der Waals surface area (Å²) in [6, 6.07) is 5.24. The molecule has 0 aromatic carbocycles. The summed E-state index contributed by atoms with van der Waals surface area (Å²) in [5.41, 5.74) is 10.9. The fourth-order valence-electron chi connectivity index (χ4n) is 1.91. The Morgan fingerprint density at radius 2 is 2.04 bits per heavy atom. The van der Waals surface area contributed by atoms with E-state index in [0.29, 0.717) is 17.0 Å². The Labute approximate surface area is 150 Å². The minimum atomic E-state index is -0.465. The average molecular weight is 357 g/mol. The van der Waals surface area contributed by atoms with Gasteiger partial charge in [0.25, 0.3) is 0 Å². The predicted molar refractivity (Wildman–Crippen MR) is 94.5 cm³/mol. The smallest absolute Gasteiger partial charge is 0.218 e. The molecule has 1 atom stereocenters. The number of amides is 2. The maximum absolute atomic E-state index is 11.3. The topological polar surface area (TPSA) is 171 Å². The van der Waals surface area contributed by atoms with Crippen molar-refractivity contribution in [2.75, 3.05) is 4.90 Å². The lowest BCUT2D eigenvalue weighted by Crippen LogP contribution is -2.46. The molecule has 0 saturated carbocycles. The van der Waals surface area contributed by atoms with Gasteiger partial charge in [0.1, 0.15) is 18.1 Å². The molecular weight excluding hydrogens is 338 g/mol. The number of nitrogens with two attached hydrogens (primary N) is 2. The van der Waals surface area contributed by atoms with Crippen LogP contribution in [-0.4, -0.2) is 34.0 Å². The predicted octanol–water partition coefficient (Wildman–Crippen LogP) is -0.0864. The van der Waals surface area contributed by atoms with E-state index in [1.165, 1.54) is 20.0 Å². The van der Waals surface area contributed by atoms with Crippen molar-refractivity contribution in [3.63, 3.8) is 0 Å². The van der Waals surface area contributed by atoms with E-state index in [1.807, 2.05) is 6.07 Å². The molecule has 0 spiro atoms. The van der Waals surface area contributed by atoms with E-state index in [4.69, 9.17) is 16.2 Å². The molecule has 1 aliphatic rings. The number of anilines is 1. The van der Waals surface area contributed by atoms with Gasteiger partial charge in [-0.15, -0.1) is 0 Å². The maximum Gasteiger partial charge on any atom is 0.218 e. The molecule has 2 amide bonds. The molecule has 2 rings (SSSR count). The molecule has 10 heteroatoms. The van der Waals surface area contributed by atoms with Gasteiger partial charge in [-0.1, -0.05) is 5.16 Å². The normalized spacial score (nSPS) is 15.9. The van der Waals surface area contributed by atoms with Crippen LogP contribution in [-0.2, 0) is 9.59 Å². The van der Waals surface area contributed by atoms with Crippen LogP contribution in [0.25, 0.3) is 0 Å². The molecule has 0 bridgehead atoms. The number of aromatic nitrogens is 1. The molecular formula is C16H19N7O3. The van der Waals surface area contributed by atoms with Gasteiger partial charge >= 0.3 is 0 Å². The molecule has 1 aliphatic heterocycles. The standard InChI is InChI=1S/C14H14N6O2.C2H5NO/c1-9(21)18-13-5-3-11(14(16)19-22)8-20(13)12-4-2-10(6-15)7-17-12;1-2(3)4/h2-5,7-8,13,22H,1H3,(H2,16,19)(H,18,21);1H3,(H2,3,4). The number of carbonyl (C=O) groups excluding carboxylic acids is 2. The number of nitrogens with one attached hydrogen (secondary N) is 1. The van der Waals surface area contributed by atoms with Crippen molar-refractivity contribution in [1.29, 1.82) is 5.26 Å². The van der Waals surface area contributed by atoms with Gasteiger partial charge in [-0.2, -0.15) is 5.26 Å². The van der Waals surface area contributed by atoms with Gasteiger partial charge in [0.2, 0.25) is 11.8 Å². The maximum atomic E-state index is 11.3. The third-order valence-corrected chi connectivity index (χ3v) is 2.93. The SMILES string of the molecule is CC(=O)NC1C=CC(C(N)=NO)=CN1c1ccc(C#N)cn1.CC(N)=O. The van der Waals surface area contributed by atoms with Crippen LogP contribution in [0.1, 0.15) is 19.4 Å². The van der Waals surface area contributed by atoms with Gasteiger partial charge in [0.05, 0.1) is 5.56 Å². The van der Waals surface area contributed by atoms with Crippen molar-refractivity contribution < 1.29 is 14.8 Å². The summed E-state index contributed by atoms with van der Waals surface area (Å²) in [7, 11) is 0. The van der Waals surface area contributed by atoms with E-state index in [9.17, 15) is 9.59 Å². The van der Waals surface area contributed by atoms with E-state index in [1.54, 1.807) is 35.4 Å². The van der Waals surface area contributed by atoms with Crippen LogP contribution in [0.4, 0.5) is 5.82 Å². The molecule has 136 valence electrons. The van der Waals surface area contributed by atoms with Crippen molar-refractivity contribution in [2.24, 2.45) is 16.6 Å². The van der Waals surface area contributed by atoms with E-state index in [0.717, 1.165) is 0 Å². The highest BCUT2D eigenvalue weighted by Crippen LogP contribution is 2.20. The van der Waals surface area contributed by atoms with Crippen LogP contribution < -0.4 is 21.7 Å². The Balaban J connectivity index is 0.000000765. The number of hydrogen-bond donors (Lipinski definition) is 4. The first-order chi connectivity index (χ1) is 12.3. The van der Waals surface area contributed by atoms with Gasteiger partial charge in [-0.3, -0.25) is 9.59 Å². The molecule has 1 aromatic rings. The van der Waals surface area contributed by atoms with Gasteiger partial charge < -0.3 is 26.9 Å². The van der Waals surface area contributed by atoms with Crippen LogP contribution >= 0.6 is 0 Å². The quantitative estimate of drug-likeness (QED) is 0.253. The summed E-state index contributed by atoms with van der Waals surface area (Å²) in [4.78, 5) is 26.4. The van der Waals surface area contributed by atoms with Gasteiger partial charge in [0.15, 0.2) is 5.84 Å². The first-order valence-electron chi connectivity index (χ1n) is 7.34. The first-order valence-corrected chi connectivity index (χ1v) is 7.34. The molecule has 0 radical (unpaired) electrons. The summed E-state index contributed by atoms with van der Waals surface area (Å²) >= 11 is 0. The Bertz CT molecular complexity index is 787. The molecule has 1 aromatic heterocycles. The summed E-state index contributed by atoms with van der Waals surface area (Å²) in [5, 5.41) is 23.3. The zero-order valence-corrected chi connectivity index (χ0v) is 14.2. The molecule has 0 aliphatic carbocycles. The lowest BCUT2D eigenvalue weighted by Gasteiger charge is -2.31. The lowest BCUT2D eigenvalue weighted by atomic mass is 10.1. The lowest BCUT2D eigenvalue weighted by molar-refractivity contribution is -0.119. The van der Waals surface area contributed by atoms with Gasteiger partial charge in [-0.25, -0.2) is 4.98 Å². The highest BCUT2D eigenvalue weighted by Gasteiger charge is 2.21. The van der Waals surface area contributed by atoms with E-state index in [-0.39, 0.29) is 17.6 Å². The zero-order valence-electron chi connectivity index (χ0n) is 14.2. The minimum absolute atomic E-state index is 0.0591. The van der Waals surface area contributed by atoms with Crippen molar-refractivity contribution in [3.8, 4) is 6.07 Å². The second-order valence-corrected chi connectivity index (χ2v) is 5.11. The summed E-state index contributed by atoms with van der Waals surface area (Å²) in [5.74, 6) is -0.101. The second kappa shape index (κ2) is 9.43. The Hall–Kier alpha value is -3.87. The molecule has 1 unspecified atom stereocenters. The third kappa shape index (κ3) is 5.97. The Kier molecular flexibility index (Phi) is 7.32. The molecule has 6 N–H and O–H groups in total. The van der Waals surface area contributed by atoms with Crippen LogP contribution in [0, 0.1) is 11.3 Å². The molecule has 0 fully saturated rings. The second-order valence-electron chi connectivity index (χ2n) is 5.11. The van der Waals surface area contributed by atoms with Crippen LogP contribution in [0.5, 0.6) is 0 Å². The largest absolute Gasteiger partial charge is 0.409 e. The third-order valence-electron chi connectivity index (χ3n) is 2.93. The fourth-order valence-corrected chi connectivity index (χ4v) is 1.91. The van der Waals surface area contributed by atoms with Crippen LogP contribution in [0.3, 0.4) is 0 Å². The number of rotatable bonds is 3. The van der Waals surface area contributed by atoms with Crippen molar-refractivity contribution >= 4 is 23.5 Å². The first kappa shape index (κ1) is 20.2. The summed E-state index contributed by atoms with van der Waals surface area (Å²) in [6.45, 7) is 2.71. The van der Waals surface area contributed by atoms with Crippen LogP contribution in [0.2, 0.25) is 0 Å². The number of amidine groups is 1. The minimum Gasteiger partial charge on any atom is -0.409 e. The van der Waals surface area contributed by atoms with E-state index >= 15 is 0 Å². The fraction of sp³-hybridized carbons (Fsp3) is 0.188. The van der Waals surface area contributed by atoms with Crippen molar-refractivity contribution in [2.45, 2.75) is 20.0 Å². The van der Waals surface area contributed by atoms with E-state index in [2.05, 4.69) is 21.2 Å². The summed E-state index contributed by atoms with van der Waals surface area (Å²) < 4.78 is 0. The Morgan fingerprint density at radius 3 is 2.50 bits per heavy atom. The van der Waals surface area contributed by atoms with Crippen molar-refractivity contribution in [3.05, 3.63) is 47.8 Å².